The molecule has 0 bridgehead atoms. The van der Waals surface area contributed by atoms with E-state index in [0.29, 0.717) is 38.5 Å². The van der Waals surface area contributed by atoms with Crippen LogP contribution in [0, 0.1) is 5.82 Å². The Labute approximate surface area is 159 Å². The van der Waals surface area contributed by atoms with Crippen LogP contribution in [0.1, 0.15) is 5.56 Å². The number of hydrogen-bond acceptors (Lipinski definition) is 5. The molecule has 3 rings (SSSR count). The Hall–Kier alpha value is -2.16. The van der Waals surface area contributed by atoms with Crippen molar-refractivity contribution in [3.8, 4) is 11.5 Å². The summed E-state index contributed by atoms with van der Waals surface area (Å²) in [4.78, 5) is 2.21. The molecule has 0 spiro atoms. The van der Waals surface area contributed by atoms with Gasteiger partial charge in [0.1, 0.15) is 22.2 Å². The number of benzene rings is 2. The Morgan fingerprint density at radius 1 is 1.00 bits per heavy atom. The fourth-order valence-corrected chi connectivity index (χ4v) is 4.74. The van der Waals surface area contributed by atoms with E-state index in [2.05, 4.69) is 4.90 Å². The number of sulfonamides is 1. The molecule has 27 heavy (non-hydrogen) atoms. The summed E-state index contributed by atoms with van der Waals surface area (Å²) in [6, 6.07) is 11.2. The van der Waals surface area contributed by atoms with Gasteiger partial charge in [-0.05, 0) is 29.8 Å². The molecule has 146 valence electrons. The first-order valence-electron chi connectivity index (χ1n) is 8.63. The summed E-state index contributed by atoms with van der Waals surface area (Å²) in [7, 11) is -0.767. The molecule has 1 heterocycles. The number of nitrogens with zero attached hydrogens (tertiary/aromatic N) is 2. The lowest BCUT2D eigenvalue weighted by Gasteiger charge is -2.34. The second-order valence-electron chi connectivity index (χ2n) is 6.33. The van der Waals surface area contributed by atoms with Crippen molar-refractivity contribution in [2.45, 2.75) is 11.4 Å². The molecule has 8 heteroatoms. The summed E-state index contributed by atoms with van der Waals surface area (Å²) in [5, 5.41) is 0. The smallest absolute Gasteiger partial charge is 0.246 e. The predicted molar refractivity (Wildman–Crippen MR) is 100.0 cm³/mol. The van der Waals surface area contributed by atoms with E-state index in [4.69, 9.17) is 9.47 Å². The van der Waals surface area contributed by atoms with E-state index in [-0.39, 0.29) is 16.5 Å². The molecule has 0 unspecified atom stereocenters. The summed E-state index contributed by atoms with van der Waals surface area (Å²) < 4.78 is 51.3. The van der Waals surface area contributed by atoms with Crippen molar-refractivity contribution < 1.29 is 22.3 Å². The fourth-order valence-electron chi connectivity index (χ4n) is 3.15. The number of piperazine rings is 1. The van der Waals surface area contributed by atoms with Crippen LogP contribution in [0.25, 0.3) is 0 Å². The average Bonchev–Trinajstić information content (AvgIpc) is 2.68. The third kappa shape index (κ3) is 4.40. The summed E-state index contributed by atoms with van der Waals surface area (Å²) in [5.74, 6) is 0.482. The quantitative estimate of drug-likeness (QED) is 0.753. The number of methoxy groups -OCH3 is 2. The van der Waals surface area contributed by atoms with Crippen LogP contribution in [0.4, 0.5) is 4.39 Å². The van der Waals surface area contributed by atoms with Gasteiger partial charge in [-0.3, -0.25) is 4.90 Å². The van der Waals surface area contributed by atoms with Gasteiger partial charge in [0.2, 0.25) is 10.0 Å². The van der Waals surface area contributed by atoms with Crippen molar-refractivity contribution in [2.24, 2.45) is 0 Å². The van der Waals surface area contributed by atoms with Crippen molar-refractivity contribution in [1.82, 2.24) is 9.21 Å². The third-order valence-corrected chi connectivity index (χ3v) is 6.53. The van der Waals surface area contributed by atoms with Crippen LogP contribution in [0.5, 0.6) is 11.5 Å². The van der Waals surface area contributed by atoms with E-state index >= 15 is 0 Å². The number of halogens is 1. The molecular formula is C19H23FN2O4S. The lowest BCUT2D eigenvalue weighted by atomic mass is 10.2. The first-order chi connectivity index (χ1) is 12.9. The van der Waals surface area contributed by atoms with Gasteiger partial charge in [-0.25, -0.2) is 12.8 Å². The molecule has 1 saturated heterocycles. The zero-order valence-electron chi connectivity index (χ0n) is 15.4. The Balaban J connectivity index is 1.71. The lowest BCUT2D eigenvalue weighted by Crippen LogP contribution is -2.48. The molecule has 1 fully saturated rings. The van der Waals surface area contributed by atoms with Gasteiger partial charge in [0.25, 0.3) is 0 Å². The van der Waals surface area contributed by atoms with Gasteiger partial charge in [-0.2, -0.15) is 4.31 Å². The standard InChI is InChI=1S/C19H23FN2O4S/c1-25-17-6-7-18(26-2)19(13-17)27(23,24)22-10-8-21(9-11-22)14-15-4-3-5-16(20)12-15/h3-7,12-13H,8-11,14H2,1-2H3. The van der Waals surface area contributed by atoms with Crippen LogP contribution in [0.2, 0.25) is 0 Å². The summed E-state index contributed by atoms with van der Waals surface area (Å²) >= 11 is 0. The molecule has 0 saturated carbocycles. The summed E-state index contributed by atoms with van der Waals surface area (Å²) in [6.07, 6.45) is 0. The van der Waals surface area contributed by atoms with Crippen LogP contribution >= 0.6 is 0 Å². The van der Waals surface area contributed by atoms with Gasteiger partial charge < -0.3 is 9.47 Å². The highest BCUT2D eigenvalue weighted by molar-refractivity contribution is 7.89. The van der Waals surface area contributed by atoms with Gasteiger partial charge in [0, 0.05) is 38.8 Å². The number of hydrogen-bond donors (Lipinski definition) is 0. The molecule has 6 nitrogen and oxygen atoms in total. The maximum absolute atomic E-state index is 13.3. The highest BCUT2D eigenvalue weighted by atomic mass is 32.2. The Morgan fingerprint density at radius 2 is 1.74 bits per heavy atom. The average molecular weight is 394 g/mol. The van der Waals surface area contributed by atoms with Crippen LogP contribution in [-0.4, -0.2) is 58.0 Å². The Morgan fingerprint density at radius 3 is 2.37 bits per heavy atom. The number of rotatable bonds is 6. The fraction of sp³-hybridized carbons (Fsp3) is 0.368. The minimum absolute atomic E-state index is 0.0999. The summed E-state index contributed by atoms with van der Waals surface area (Å²) in [5.41, 5.74) is 0.876. The second kappa shape index (κ2) is 8.24. The predicted octanol–water partition coefficient (Wildman–Crippen LogP) is 2.35. The topological polar surface area (TPSA) is 59.1 Å². The normalized spacial score (nSPS) is 16.3. The first kappa shape index (κ1) is 19.6. The maximum Gasteiger partial charge on any atom is 0.246 e. The molecule has 1 aliphatic rings. The Kier molecular flexibility index (Phi) is 5.98. The van der Waals surface area contributed by atoms with E-state index in [1.54, 1.807) is 18.2 Å². The van der Waals surface area contributed by atoms with Crippen molar-refractivity contribution in [3.05, 3.63) is 53.8 Å². The molecule has 0 aromatic heterocycles. The SMILES string of the molecule is COc1ccc(OC)c(S(=O)(=O)N2CCN(Cc3cccc(F)c3)CC2)c1. The zero-order valence-corrected chi connectivity index (χ0v) is 16.2. The minimum atomic E-state index is -3.70. The monoisotopic (exact) mass is 394 g/mol. The third-order valence-electron chi connectivity index (χ3n) is 4.62. The molecule has 0 N–H and O–H groups in total. The van der Waals surface area contributed by atoms with E-state index < -0.39 is 10.0 Å². The van der Waals surface area contributed by atoms with Gasteiger partial charge >= 0.3 is 0 Å². The second-order valence-corrected chi connectivity index (χ2v) is 8.23. The van der Waals surface area contributed by atoms with E-state index in [9.17, 15) is 12.8 Å². The highest BCUT2D eigenvalue weighted by Crippen LogP contribution is 2.31. The van der Waals surface area contributed by atoms with Crippen molar-refractivity contribution >= 4 is 10.0 Å². The molecule has 2 aromatic rings. The zero-order chi connectivity index (χ0) is 19.4. The van der Waals surface area contributed by atoms with Gasteiger partial charge in [0.05, 0.1) is 14.2 Å². The summed E-state index contributed by atoms with van der Waals surface area (Å²) in [6.45, 7) is 2.45. The molecular weight excluding hydrogens is 371 g/mol. The molecule has 2 aromatic carbocycles. The molecule has 0 amide bonds. The largest absolute Gasteiger partial charge is 0.497 e. The van der Waals surface area contributed by atoms with Gasteiger partial charge in [0.15, 0.2) is 0 Å². The van der Waals surface area contributed by atoms with Crippen LogP contribution in [0.15, 0.2) is 47.4 Å². The van der Waals surface area contributed by atoms with E-state index in [0.717, 1.165) is 5.56 Å². The van der Waals surface area contributed by atoms with Gasteiger partial charge in [-0.15, -0.1) is 0 Å². The molecule has 0 aliphatic carbocycles. The van der Waals surface area contributed by atoms with Crippen LogP contribution in [0.3, 0.4) is 0 Å². The lowest BCUT2D eigenvalue weighted by molar-refractivity contribution is 0.181. The first-order valence-corrected chi connectivity index (χ1v) is 10.1. The van der Waals surface area contributed by atoms with Crippen molar-refractivity contribution in [3.63, 3.8) is 0 Å². The maximum atomic E-state index is 13.3. The van der Waals surface area contributed by atoms with Gasteiger partial charge in [-0.1, -0.05) is 12.1 Å². The van der Waals surface area contributed by atoms with Crippen molar-refractivity contribution in [1.29, 1.82) is 0 Å². The highest BCUT2D eigenvalue weighted by Gasteiger charge is 2.31. The van der Waals surface area contributed by atoms with E-state index in [1.165, 1.54) is 36.7 Å². The molecule has 0 atom stereocenters. The van der Waals surface area contributed by atoms with Crippen LogP contribution in [-0.2, 0) is 16.6 Å². The Bertz CT molecular complexity index is 896. The van der Waals surface area contributed by atoms with E-state index in [1.807, 2.05) is 6.07 Å². The minimum Gasteiger partial charge on any atom is -0.497 e. The number of ether oxygens (including phenoxy) is 2. The molecule has 1 aliphatic heterocycles. The van der Waals surface area contributed by atoms with Crippen LogP contribution < -0.4 is 9.47 Å². The van der Waals surface area contributed by atoms with Crippen molar-refractivity contribution in [2.75, 3.05) is 40.4 Å². The molecule has 0 radical (unpaired) electrons.